The molecule has 2 aromatic carbocycles. The van der Waals surface area contributed by atoms with E-state index in [1.807, 2.05) is 6.07 Å². The Kier molecular flexibility index (Phi) is 5.75. The van der Waals surface area contributed by atoms with Crippen molar-refractivity contribution in [2.45, 2.75) is 12.1 Å². The summed E-state index contributed by atoms with van der Waals surface area (Å²) in [5.74, 6) is 0.216. The normalized spacial score (nSPS) is 15.3. The van der Waals surface area contributed by atoms with Crippen molar-refractivity contribution in [2.75, 3.05) is 21.3 Å². The zero-order chi connectivity index (χ0) is 24.6. The van der Waals surface area contributed by atoms with Crippen LogP contribution in [0.4, 0.5) is 13.2 Å². The zero-order valence-electron chi connectivity index (χ0n) is 18.3. The van der Waals surface area contributed by atoms with Gasteiger partial charge in [-0.1, -0.05) is 12.1 Å². The van der Waals surface area contributed by atoms with Crippen LogP contribution >= 0.6 is 0 Å². The van der Waals surface area contributed by atoms with Crippen LogP contribution in [-0.4, -0.2) is 31.5 Å². The number of fused-ring (bicyclic) bond motifs is 1. The van der Waals surface area contributed by atoms with Crippen LogP contribution in [0.15, 0.2) is 47.9 Å². The Morgan fingerprint density at radius 3 is 2.18 bits per heavy atom. The minimum absolute atomic E-state index is 0.0438. The molecule has 0 fully saturated rings. The number of aromatic amines is 1. The predicted octanol–water partition coefficient (Wildman–Crippen LogP) is 4.34. The van der Waals surface area contributed by atoms with Gasteiger partial charge in [0.25, 0.3) is 0 Å². The molecule has 1 aliphatic rings. The second-order valence-corrected chi connectivity index (χ2v) is 7.28. The van der Waals surface area contributed by atoms with Gasteiger partial charge in [-0.25, -0.2) is 0 Å². The number of H-pyrrole nitrogens is 1. The van der Waals surface area contributed by atoms with Crippen molar-refractivity contribution in [3.8, 4) is 40.5 Å². The van der Waals surface area contributed by atoms with E-state index >= 15 is 0 Å². The molecule has 176 valence electrons. The number of allylic oxidation sites excluding steroid dienone is 1. The summed E-state index contributed by atoms with van der Waals surface area (Å²) in [6.07, 6.45) is -4.50. The lowest BCUT2D eigenvalue weighted by Gasteiger charge is -2.24. The molecule has 0 spiro atoms. The van der Waals surface area contributed by atoms with Crippen molar-refractivity contribution < 1.29 is 32.1 Å². The minimum atomic E-state index is -4.50. The third kappa shape index (κ3) is 3.73. The highest BCUT2D eigenvalue weighted by Crippen LogP contribution is 2.48. The van der Waals surface area contributed by atoms with Crippen LogP contribution in [0.1, 0.15) is 22.6 Å². The molecule has 0 radical (unpaired) electrons. The van der Waals surface area contributed by atoms with E-state index in [4.69, 9.17) is 24.7 Å². The topological polar surface area (TPSA) is 115 Å². The Hall–Kier alpha value is -4.33. The van der Waals surface area contributed by atoms with Crippen molar-refractivity contribution in [3.05, 3.63) is 64.5 Å². The summed E-state index contributed by atoms with van der Waals surface area (Å²) in [4.78, 5) is 0. The highest BCUT2D eigenvalue weighted by molar-refractivity contribution is 5.75. The van der Waals surface area contributed by atoms with Gasteiger partial charge in [0.2, 0.25) is 17.5 Å². The highest BCUT2D eigenvalue weighted by atomic mass is 19.4. The van der Waals surface area contributed by atoms with E-state index in [1.165, 1.54) is 33.5 Å². The summed E-state index contributed by atoms with van der Waals surface area (Å²) in [5.41, 5.74) is 7.03. The molecule has 0 aliphatic carbocycles. The van der Waals surface area contributed by atoms with Gasteiger partial charge in [0.15, 0.2) is 11.5 Å². The summed E-state index contributed by atoms with van der Waals surface area (Å²) in [6, 6.07) is 9.88. The molecule has 4 rings (SSSR count). The summed E-state index contributed by atoms with van der Waals surface area (Å²) < 4.78 is 61.0. The molecule has 0 unspecified atom stereocenters. The molecule has 2 heterocycles. The lowest BCUT2D eigenvalue weighted by Crippen LogP contribution is -2.21. The number of halogens is 3. The number of alkyl halides is 3. The summed E-state index contributed by atoms with van der Waals surface area (Å²) in [5, 5.41) is 16.8. The van der Waals surface area contributed by atoms with Gasteiger partial charge >= 0.3 is 6.18 Å². The Morgan fingerprint density at radius 1 is 1.06 bits per heavy atom. The Morgan fingerprint density at radius 2 is 1.68 bits per heavy atom. The molecule has 0 saturated heterocycles. The fourth-order valence-electron chi connectivity index (χ4n) is 3.89. The number of hydrogen-bond acceptors (Lipinski definition) is 7. The largest absolute Gasteiger partial charge is 0.493 e. The third-order valence-corrected chi connectivity index (χ3v) is 5.46. The van der Waals surface area contributed by atoms with E-state index < -0.39 is 17.7 Å². The monoisotopic (exact) mass is 472 g/mol. The second kappa shape index (κ2) is 8.55. The number of hydrogen-bond donors (Lipinski definition) is 2. The maximum absolute atomic E-state index is 13.1. The summed E-state index contributed by atoms with van der Waals surface area (Å²) >= 11 is 0. The summed E-state index contributed by atoms with van der Waals surface area (Å²) in [6.45, 7) is 0. The Bertz CT molecular complexity index is 1280. The van der Waals surface area contributed by atoms with Crippen LogP contribution in [0.2, 0.25) is 0 Å². The lowest BCUT2D eigenvalue weighted by atomic mass is 9.82. The quantitative estimate of drug-likeness (QED) is 0.568. The molecule has 34 heavy (non-hydrogen) atoms. The van der Waals surface area contributed by atoms with Crippen LogP contribution in [0.3, 0.4) is 0 Å². The van der Waals surface area contributed by atoms with Crippen LogP contribution in [-0.2, 0) is 6.18 Å². The molecular weight excluding hydrogens is 453 g/mol. The number of nitrogens with one attached hydrogen (secondary N) is 1. The standard InChI is InChI=1S/C23H19F3N4O4/c1-31-15-8-12(9-16(32-2)20(15)33-3)19-18-17(11-4-6-13(7-5-11)23(24,25)26)14(10-27)21(28)34-22(18)30-29-19/h4-9,17H,28H2,1-3H3,(H,29,30)/t17-/m1/s1. The van der Waals surface area contributed by atoms with E-state index in [9.17, 15) is 18.4 Å². The van der Waals surface area contributed by atoms with Crippen molar-refractivity contribution in [1.82, 2.24) is 10.2 Å². The number of rotatable bonds is 5. The van der Waals surface area contributed by atoms with Gasteiger partial charge in [-0.05, 0) is 29.8 Å². The molecule has 0 saturated carbocycles. The van der Waals surface area contributed by atoms with E-state index in [1.54, 1.807) is 12.1 Å². The Labute approximate surface area is 192 Å². The fraction of sp³-hybridized carbons (Fsp3) is 0.217. The number of aromatic nitrogens is 2. The van der Waals surface area contributed by atoms with Crippen LogP contribution in [0.25, 0.3) is 11.3 Å². The van der Waals surface area contributed by atoms with Crippen molar-refractivity contribution >= 4 is 0 Å². The van der Waals surface area contributed by atoms with E-state index in [2.05, 4.69) is 10.2 Å². The second-order valence-electron chi connectivity index (χ2n) is 7.28. The molecule has 11 heteroatoms. The fourth-order valence-corrected chi connectivity index (χ4v) is 3.89. The predicted molar refractivity (Wildman–Crippen MR) is 114 cm³/mol. The highest BCUT2D eigenvalue weighted by Gasteiger charge is 2.37. The first-order valence-electron chi connectivity index (χ1n) is 9.86. The molecule has 0 bridgehead atoms. The van der Waals surface area contributed by atoms with Crippen molar-refractivity contribution in [2.24, 2.45) is 5.73 Å². The average Bonchev–Trinajstić information content (AvgIpc) is 3.24. The molecule has 3 aromatic rings. The molecule has 1 aromatic heterocycles. The van der Waals surface area contributed by atoms with E-state index in [0.29, 0.717) is 39.6 Å². The molecule has 3 N–H and O–H groups in total. The number of ether oxygens (including phenoxy) is 4. The minimum Gasteiger partial charge on any atom is -0.493 e. The van der Waals surface area contributed by atoms with E-state index in [0.717, 1.165) is 12.1 Å². The van der Waals surface area contributed by atoms with Crippen LogP contribution < -0.4 is 24.7 Å². The van der Waals surface area contributed by atoms with Gasteiger partial charge in [0.1, 0.15) is 11.6 Å². The SMILES string of the molecule is COc1cc(-c2[nH]nc3c2[C@H](c2ccc(C(F)(F)F)cc2)C(C#N)=C(N)O3)cc(OC)c1OC. The van der Waals surface area contributed by atoms with Gasteiger partial charge in [-0.3, -0.25) is 5.10 Å². The van der Waals surface area contributed by atoms with Gasteiger partial charge in [-0.2, -0.15) is 18.4 Å². The zero-order valence-corrected chi connectivity index (χ0v) is 18.3. The first-order valence-corrected chi connectivity index (χ1v) is 9.86. The molecule has 8 nitrogen and oxygen atoms in total. The number of nitrogens with zero attached hydrogens (tertiary/aromatic N) is 2. The average molecular weight is 472 g/mol. The Balaban J connectivity index is 1.92. The van der Waals surface area contributed by atoms with Crippen molar-refractivity contribution in [1.29, 1.82) is 5.26 Å². The van der Waals surface area contributed by atoms with Crippen LogP contribution in [0.5, 0.6) is 23.1 Å². The molecule has 1 atom stereocenters. The van der Waals surface area contributed by atoms with Gasteiger partial charge in [0.05, 0.1) is 44.1 Å². The van der Waals surface area contributed by atoms with Crippen LogP contribution in [0, 0.1) is 11.3 Å². The van der Waals surface area contributed by atoms with Gasteiger partial charge < -0.3 is 24.7 Å². The molecular formula is C23H19F3N4O4. The first kappa shape index (κ1) is 22.8. The first-order chi connectivity index (χ1) is 16.2. The number of methoxy groups -OCH3 is 3. The summed E-state index contributed by atoms with van der Waals surface area (Å²) in [7, 11) is 4.41. The van der Waals surface area contributed by atoms with Gasteiger partial charge in [-0.15, -0.1) is 5.10 Å². The number of nitriles is 1. The molecule has 1 aliphatic heterocycles. The number of nitrogens with two attached hydrogens (primary N) is 1. The maximum Gasteiger partial charge on any atom is 0.416 e. The van der Waals surface area contributed by atoms with E-state index in [-0.39, 0.29) is 17.3 Å². The molecule has 0 amide bonds. The van der Waals surface area contributed by atoms with Gasteiger partial charge in [0, 0.05) is 5.56 Å². The number of benzene rings is 2. The smallest absolute Gasteiger partial charge is 0.416 e. The van der Waals surface area contributed by atoms with Crippen molar-refractivity contribution in [3.63, 3.8) is 0 Å². The third-order valence-electron chi connectivity index (χ3n) is 5.46. The lowest BCUT2D eigenvalue weighted by molar-refractivity contribution is -0.137. The maximum atomic E-state index is 13.1.